The number of piperidine rings is 1. The number of carbonyl (C=O) groups is 1. The molecule has 0 spiro atoms. The smallest absolute Gasteiger partial charge is 0.307 e. The highest BCUT2D eigenvalue weighted by Crippen LogP contribution is 2.40. The van der Waals surface area contributed by atoms with Crippen LogP contribution in [0.3, 0.4) is 0 Å². The number of nitrogens with zero attached hydrogens (tertiary/aromatic N) is 3. The maximum absolute atomic E-state index is 15.0. The zero-order valence-electron chi connectivity index (χ0n) is 20.6. The largest absolute Gasteiger partial charge is 0.481 e. The number of carboxylic acids is 1. The molecule has 2 aromatic heterocycles. The molecule has 0 radical (unpaired) electrons. The van der Waals surface area contributed by atoms with Crippen LogP contribution in [0.2, 0.25) is 0 Å². The highest BCUT2D eigenvalue weighted by molar-refractivity contribution is 5.84. The van der Waals surface area contributed by atoms with Crippen molar-refractivity contribution >= 4 is 11.7 Å². The lowest BCUT2D eigenvalue weighted by atomic mass is 9.82. The van der Waals surface area contributed by atoms with Gasteiger partial charge in [-0.3, -0.25) is 9.78 Å². The number of aromatic nitrogens is 2. The Morgan fingerprint density at radius 3 is 2.56 bits per heavy atom. The van der Waals surface area contributed by atoms with Crippen LogP contribution in [0.25, 0.3) is 11.1 Å². The summed E-state index contributed by atoms with van der Waals surface area (Å²) in [6.07, 6.45) is 11.1. The van der Waals surface area contributed by atoms with E-state index in [0.29, 0.717) is 34.9 Å². The summed E-state index contributed by atoms with van der Waals surface area (Å²) in [7, 11) is 0. The minimum Gasteiger partial charge on any atom is -0.481 e. The van der Waals surface area contributed by atoms with Crippen LogP contribution < -0.4 is 9.64 Å². The second-order valence-corrected chi connectivity index (χ2v) is 10.6. The number of anilines is 1. The van der Waals surface area contributed by atoms with Gasteiger partial charge in [-0.15, -0.1) is 0 Å². The number of carboxylic acid groups (broad SMARTS) is 1. The van der Waals surface area contributed by atoms with Crippen molar-refractivity contribution in [3.05, 3.63) is 35.5 Å². The fourth-order valence-electron chi connectivity index (χ4n) is 5.21. The van der Waals surface area contributed by atoms with E-state index in [1.807, 2.05) is 6.92 Å². The van der Waals surface area contributed by atoms with E-state index >= 15 is 0 Å². The lowest BCUT2D eigenvalue weighted by molar-refractivity contribution is -0.136. The molecule has 0 bridgehead atoms. The number of aryl methyl sites for hydroxylation is 1. The van der Waals surface area contributed by atoms with E-state index in [1.165, 1.54) is 31.7 Å². The Morgan fingerprint density at radius 2 is 1.91 bits per heavy atom. The molecule has 0 atom stereocenters. The molecular formula is C27H36FN3O3. The van der Waals surface area contributed by atoms with E-state index in [1.54, 1.807) is 12.4 Å². The standard InChI is InChI=1S/C27H36FN3O3/c1-18-21(15-24(32)33)25(31-11-9-27(2,3)10-12-31)22(17-29-18)20-14-23(28)26(30-16-20)34-13-8-19-6-4-5-7-19/h14,16-17,19H,4-13,15H2,1-3H3,(H,32,33). The van der Waals surface area contributed by atoms with E-state index < -0.39 is 11.8 Å². The molecule has 2 fully saturated rings. The van der Waals surface area contributed by atoms with Gasteiger partial charge in [-0.1, -0.05) is 39.5 Å². The highest BCUT2D eigenvalue weighted by atomic mass is 19.1. The van der Waals surface area contributed by atoms with Crippen LogP contribution in [0.1, 0.15) is 70.1 Å². The molecule has 184 valence electrons. The zero-order valence-corrected chi connectivity index (χ0v) is 20.6. The van der Waals surface area contributed by atoms with Crippen LogP contribution in [0.5, 0.6) is 5.88 Å². The average molecular weight is 470 g/mol. The van der Waals surface area contributed by atoms with E-state index in [0.717, 1.165) is 38.0 Å². The molecule has 1 saturated carbocycles. The minimum atomic E-state index is -0.907. The summed E-state index contributed by atoms with van der Waals surface area (Å²) in [5.74, 6) is -0.717. The molecule has 0 unspecified atom stereocenters. The molecule has 7 heteroatoms. The molecular weight excluding hydrogens is 433 g/mol. The van der Waals surface area contributed by atoms with Crippen molar-refractivity contribution < 1.29 is 19.0 Å². The first kappa shape index (κ1) is 24.4. The molecule has 0 aromatic carbocycles. The predicted molar refractivity (Wildman–Crippen MR) is 131 cm³/mol. The Morgan fingerprint density at radius 1 is 1.21 bits per heavy atom. The fourth-order valence-corrected chi connectivity index (χ4v) is 5.21. The normalized spacial score (nSPS) is 18.3. The van der Waals surface area contributed by atoms with Gasteiger partial charge in [0.1, 0.15) is 0 Å². The predicted octanol–water partition coefficient (Wildman–Crippen LogP) is 5.80. The van der Waals surface area contributed by atoms with Gasteiger partial charge in [0.05, 0.1) is 18.7 Å². The van der Waals surface area contributed by atoms with Gasteiger partial charge in [-0.05, 0) is 43.6 Å². The fraction of sp³-hybridized carbons (Fsp3) is 0.593. The number of rotatable bonds is 8. The van der Waals surface area contributed by atoms with Crippen molar-refractivity contribution in [3.63, 3.8) is 0 Å². The lowest BCUT2D eigenvalue weighted by Gasteiger charge is -2.40. The van der Waals surface area contributed by atoms with Crippen molar-refractivity contribution in [2.45, 2.75) is 72.1 Å². The van der Waals surface area contributed by atoms with Gasteiger partial charge in [0.15, 0.2) is 5.82 Å². The van der Waals surface area contributed by atoms with Crippen molar-refractivity contribution in [2.24, 2.45) is 11.3 Å². The van der Waals surface area contributed by atoms with E-state index in [2.05, 4.69) is 28.7 Å². The first-order valence-electron chi connectivity index (χ1n) is 12.5. The monoisotopic (exact) mass is 469 g/mol. The number of hydrogen-bond acceptors (Lipinski definition) is 5. The van der Waals surface area contributed by atoms with Crippen LogP contribution in [0, 0.1) is 24.1 Å². The third kappa shape index (κ3) is 5.68. The average Bonchev–Trinajstić information content (AvgIpc) is 3.30. The molecule has 3 heterocycles. The van der Waals surface area contributed by atoms with Crippen molar-refractivity contribution in [2.75, 3.05) is 24.6 Å². The van der Waals surface area contributed by atoms with Crippen molar-refractivity contribution in [1.29, 1.82) is 0 Å². The number of aliphatic carboxylic acids is 1. The SMILES string of the molecule is Cc1ncc(-c2cnc(OCCC3CCCC3)c(F)c2)c(N2CCC(C)(C)CC2)c1CC(=O)O. The summed E-state index contributed by atoms with van der Waals surface area (Å²) in [4.78, 5) is 22.6. The van der Waals surface area contributed by atoms with E-state index in [4.69, 9.17) is 4.74 Å². The second-order valence-electron chi connectivity index (χ2n) is 10.6. The summed E-state index contributed by atoms with van der Waals surface area (Å²) < 4.78 is 20.7. The van der Waals surface area contributed by atoms with E-state index in [-0.39, 0.29) is 17.7 Å². The Labute approximate surface area is 201 Å². The van der Waals surface area contributed by atoms with Crippen molar-refractivity contribution in [1.82, 2.24) is 9.97 Å². The Kier molecular flexibility index (Phi) is 7.39. The molecule has 1 N–H and O–H groups in total. The molecule has 6 nitrogen and oxygen atoms in total. The first-order chi connectivity index (χ1) is 16.2. The molecule has 1 aliphatic heterocycles. The maximum atomic E-state index is 15.0. The summed E-state index contributed by atoms with van der Waals surface area (Å²) in [5, 5.41) is 9.57. The van der Waals surface area contributed by atoms with Gasteiger partial charge in [-0.2, -0.15) is 0 Å². The van der Waals surface area contributed by atoms with Crippen molar-refractivity contribution in [3.8, 4) is 17.0 Å². The number of pyridine rings is 2. The summed E-state index contributed by atoms with van der Waals surface area (Å²) in [5.41, 5.74) is 3.75. The first-order valence-corrected chi connectivity index (χ1v) is 12.5. The van der Waals surface area contributed by atoms with Gasteiger partial charge in [0, 0.05) is 47.9 Å². The van der Waals surface area contributed by atoms with Crippen LogP contribution in [0.15, 0.2) is 18.5 Å². The Balaban J connectivity index is 1.62. The number of hydrogen-bond donors (Lipinski definition) is 1. The van der Waals surface area contributed by atoms with Gasteiger partial charge in [-0.25, -0.2) is 9.37 Å². The quantitative estimate of drug-likeness (QED) is 0.526. The molecule has 2 aromatic rings. The number of halogens is 1. The molecule has 1 aliphatic carbocycles. The van der Waals surface area contributed by atoms with E-state index in [9.17, 15) is 14.3 Å². The molecule has 1 saturated heterocycles. The molecule has 4 rings (SSSR count). The van der Waals surface area contributed by atoms with Gasteiger partial charge >= 0.3 is 5.97 Å². The molecule has 2 aliphatic rings. The Bertz CT molecular complexity index is 1020. The number of ether oxygens (including phenoxy) is 1. The molecule has 0 amide bonds. The third-order valence-electron chi connectivity index (χ3n) is 7.48. The summed E-state index contributed by atoms with van der Waals surface area (Å²) in [6.45, 7) is 8.44. The zero-order chi connectivity index (χ0) is 24.3. The summed E-state index contributed by atoms with van der Waals surface area (Å²) in [6, 6.07) is 1.44. The van der Waals surface area contributed by atoms with Gasteiger partial charge in [0.25, 0.3) is 0 Å². The Hall–Kier alpha value is -2.70. The second kappa shape index (κ2) is 10.3. The van der Waals surface area contributed by atoms with Gasteiger partial charge < -0.3 is 14.7 Å². The topological polar surface area (TPSA) is 75.6 Å². The van der Waals surface area contributed by atoms with Crippen LogP contribution in [0.4, 0.5) is 10.1 Å². The minimum absolute atomic E-state index is 0.0221. The van der Waals surface area contributed by atoms with Crippen LogP contribution in [-0.2, 0) is 11.2 Å². The highest BCUT2D eigenvalue weighted by Gasteiger charge is 2.29. The lowest BCUT2D eigenvalue weighted by Crippen LogP contribution is -2.38. The van der Waals surface area contributed by atoms with Crippen LogP contribution >= 0.6 is 0 Å². The maximum Gasteiger partial charge on any atom is 0.307 e. The van der Waals surface area contributed by atoms with Crippen LogP contribution in [-0.4, -0.2) is 40.7 Å². The third-order valence-corrected chi connectivity index (χ3v) is 7.48. The summed E-state index contributed by atoms with van der Waals surface area (Å²) >= 11 is 0. The van der Waals surface area contributed by atoms with Gasteiger partial charge in [0.2, 0.25) is 5.88 Å². The molecule has 34 heavy (non-hydrogen) atoms.